The molecular weight excluding hydrogens is 319 g/mol. The summed E-state index contributed by atoms with van der Waals surface area (Å²) in [4.78, 5) is 3.76. The van der Waals surface area contributed by atoms with Crippen LogP contribution in [0.4, 0.5) is 4.39 Å². The topological polar surface area (TPSA) is 76.9 Å². The number of hydrogen-bond acceptors (Lipinski definition) is 4. The van der Waals surface area contributed by atoms with Gasteiger partial charge in [-0.1, -0.05) is 18.2 Å². The standard InChI is InChI=1S/C15H13FN4O2S/c16-13-2-1-3-15(8-13)23(21,22)19-9-12-4-6-14(7-5-12)20-11-17-10-18-20/h1-8,10-11,19H,9H2. The molecule has 0 spiro atoms. The first-order valence-electron chi connectivity index (χ1n) is 6.74. The number of nitrogens with zero attached hydrogens (tertiary/aromatic N) is 3. The highest BCUT2D eigenvalue weighted by atomic mass is 32.2. The second-order valence-corrected chi connectivity index (χ2v) is 6.56. The molecule has 0 saturated heterocycles. The van der Waals surface area contributed by atoms with Crippen LogP contribution in [-0.2, 0) is 16.6 Å². The molecule has 6 nitrogen and oxygen atoms in total. The van der Waals surface area contributed by atoms with Crippen LogP contribution >= 0.6 is 0 Å². The van der Waals surface area contributed by atoms with Gasteiger partial charge in [0.15, 0.2) is 0 Å². The summed E-state index contributed by atoms with van der Waals surface area (Å²) in [5.41, 5.74) is 1.59. The Labute approximate surface area is 132 Å². The normalized spacial score (nSPS) is 11.5. The van der Waals surface area contributed by atoms with E-state index in [1.807, 2.05) is 0 Å². The summed E-state index contributed by atoms with van der Waals surface area (Å²) < 4.78 is 41.4. The Hall–Kier alpha value is -2.58. The highest BCUT2D eigenvalue weighted by Crippen LogP contribution is 2.12. The molecule has 3 rings (SSSR count). The van der Waals surface area contributed by atoms with Crippen molar-refractivity contribution >= 4 is 10.0 Å². The van der Waals surface area contributed by atoms with Crippen molar-refractivity contribution in [3.05, 3.63) is 72.6 Å². The van der Waals surface area contributed by atoms with Gasteiger partial charge in [-0.3, -0.25) is 0 Å². The second kappa shape index (κ2) is 6.27. The summed E-state index contributed by atoms with van der Waals surface area (Å²) in [6, 6.07) is 12.1. The Morgan fingerprint density at radius 2 is 1.91 bits per heavy atom. The number of halogens is 1. The summed E-state index contributed by atoms with van der Waals surface area (Å²) in [5.74, 6) is -0.593. The van der Waals surface area contributed by atoms with Gasteiger partial charge in [0.1, 0.15) is 18.5 Å². The zero-order chi connectivity index (χ0) is 16.3. The quantitative estimate of drug-likeness (QED) is 0.774. The lowest BCUT2D eigenvalue weighted by Gasteiger charge is -2.08. The number of rotatable bonds is 5. The van der Waals surface area contributed by atoms with Crippen LogP contribution in [0.25, 0.3) is 5.69 Å². The highest BCUT2D eigenvalue weighted by molar-refractivity contribution is 7.89. The van der Waals surface area contributed by atoms with Gasteiger partial charge in [0.2, 0.25) is 10.0 Å². The third-order valence-corrected chi connectivity index (χ3v) is 4.59. The molecule has 118 valence electrons. The van der Waals surface area contributed by atoms with Crippen molar-refractivity contribution in [3.63, 3.8) is 0 Å². The highest BCUT2D eigenvalue weighted by Gasteiger charge is 2.14. The third-order valence-electron chi connectivity index (χ3n) is 3.19. The molecule has 3 aromatic rings. The molecule has 0 atom stereocenters. The van der Waals surface area contributed by atoms with Gasteiger partial charge in [-0.05, 0) is 35.9 Å². The van der Waals surface area contributed by atoms with Gasteiger partial charge in [0.05, 0.1) is 10.6 Å². The first kappa shape index (κ1) is 15.3. The van der Waals surface area contributed by atoms with Crippen LogP contribution in [0.5, 0.6) is 0 Å². The first-order valence-corrected chi connectivity index (χ1v) is 8.22. The van der Waals surface area contributed by atoms with Gasteiger partial charge in [0.25, 0.3) is 0 Å². The predicted octanol–water partition coefficient (Wildman–Crippen LogP) is 1.88. The summed E-state index contributed by atoms with van der Waals surface area (Å²) in [6.07, 6.45) is 3.00. The van der Waals surface area contributed by atoms with Crippen molar-refractivity contribution in [2.75, 3.05) is 0 Å². The van der Waals surface area contributed by atoms with Crippen molar-refractivity contribution < 1.29 is 12.8 Å². The van der Waals surface area contributed by atoms with Crippen LogP contribution in [0, 0.1) is 5.82 Å². The van der Waals surface area contributed by atoms with Crippen molar-refractivity contribution in [1.29, 1.82) is 0 Å². The molecule has 0 amide bonds. The molecule has 0 aliphatic rings. The summed E-state index contributed by atoms with van der Waals surface area (Å²) >= 11 is 0. The van der Waals surface area contributed by atoms with Crippen LogP contribution in [0.1, 0.15) is 5.56 Å². The van der Waals surface area contributed by atoms with Crippen LogP contribution < -0.4 is 4.72 Å². The van der Waals surface area contributed by atoms with Crippen molar-refractivity contribution in [2.24, 2.45) is 0 Å². The lowest BCUT2D eigenvalue weighted by molar-refractivity contribution is 0.577. The molecule has 0 fully saturated rings. The molecule has 2 aromatic carbocycles. The molecule has 1 aromatic heterocycles. The van der Waals surface area contributed by atoms with E-state index < -0.39 is 15.8 Å². The molecule has 23 heavy (non-hydrogen) atoms. The predicted molar refractivity (Wildman–Crippen MR) is 81.8 cm³/mol. The molecule has 8 heteroatoms. The van der Waals surface area contributed by atoms with E-state index in [2.05, 4.69) is 14.8 Å². The second-order valence-electron chi connectivity index (χ2n) is 4.79. The summed E-state index contributed by atoms with van der Waals surface area (Å²) in [5, 5.41) is 4.01. The number of aromatic nitrogens is 3. The fourth-order valence-corrected chi connectivity index (χ4v) is 3.05. The smallest absolute Gasteiger partial charge is 0.223 e. The van der Waals surface area contributed by atoms with E-state index >= 15 is 0 Å². The minimum absolute atomic E-state index is 0.100. The minimum Gasteiger partial charge on any atom is -0.223 e. The van der Waals surface area contributed by atoms with E-state index in [9.17, 15) is 12.8 Å². The Kier molecular flexibility index (Phi) is 4.18. The van der Waals surface area contributed by atoms with E-state index in [1.54, 1.807) is 35.3 Å². The van der Waals surface area contributed by atoms with E-state index in [0.29, 0.717) is 0 Å². The van der Waals surface area contributed by atoms with Gasteiger partial charge >= 0.3 is 0 Å². The van der Waals surface area contributed by atoms with Crippen LogP contribution in [0.2, 0.25) is 0 Å². The lowest BCUT2D eigenvalue weighted by atomic mass is 10.2. The minimum atomic E-state index is -3.75. The maximum absolute atomic E-state index is 13.1. The van der Waals surface area contributed by atoms with Crippen LogP contribution in [0.15, 0.2) is 66.1 Å². The summed E-state index contributed by atoms with van der Waals surface area (Å²) in [7, 11) is -3.75. The Bertz CT molecular complexity index is 893. The van der Waals surface area contributed by atoms with Gasteiger partial charge in [-0.15, -0.1) is 0 Å². The Morgan fingerprint density at radius 3 is 2.57 bits per heavy atom. The van der Waals surface area contributed by atoms with Gasteiger partial charge in [-0.25, -0.2) is 27.2 Å². The van der Waals surface area contributed by atoms with Crippen molar-refractivity contribution in [1.82, 2.24) is 19.5 Å². The Morgan fingerprint density at radius 1 is 1.13 bits per heavy atom. The van der Waals surface area contributed by atoms with E-state index in [1.165, 1.54) is 24.5 Å². The zero-order valence-corrected chi connectivity index (χ0v) is 12.7. The average Bonchev–Trinajstić information content (AvgIpc) is 3.08. The Balaban J connectivity index is 1.70. The molecule has 0 aliphatic heterocycles. The maximum Gasteiger partial charge on any atom is 0.240 e. The van der Waals surface area contributed by atoms with Gasteiger partial charge in [-0.2, -0.15) is 5.10 Å². The summed E-state index contributed by atoms with van der Waals surface area (Å²) in [6.45, 7) is 0.108. The van der Waals surface area contributed by atoms with E-state index in [0.717, 1.165) is 17.3 Å². The lowest BCUT2D eigenvalue weighted by Crippen LogP contribution is -2.23. The average molecular weight is 332 g/mol. The zero-order valence-electron chi connectivity index (χ0n) is 11.9. The van der Waals surface area contributed by atoms with Crippen LogP contribution in [-0.4, -0.2) is 23.2 Å². The maximum atomic E-state index is 13.1. The molecule has 0 radical (unpaired) electrons. The van der Waals surface area contributed by atoms with Gasteiger partial charge in [0, 0.05) is 6.54 Å². The largest absolute Gasteiger partial charge is 0.240 e. The van der Waals surface area contributed by atoms with E-state index in [4.69, 9.17) is 0 Å². The van der Waals surface area contributed by atoms with Crippen molar-refractivity contribution in [2.45, 2.75) is 11.4 Å². The van der Waals surface area contributed by atoms with Gasteiger partial charge < -0.3 is 0 Å². The molecular formula is C15H13FN4O2S. The molecule has 1 heterocycles. The molecule has 1 N–H and O–H groups in total. The number of nitrogens with one attached hydrogen (secondary N) is 1. The fourth-order valence-electron chi connectivity index (χ4n) is 2.00. The molecule has 0 aliphatic carbocycles. The molecule has 0 bridgehead atoms. The third kappa shape index (κ3) is 3.61. The van der Waals surface area contributed by atoms with Crippen molar-refractivity contribution in [3.8, 4) is 5.69 Å². The monoisotopic (exact) mass is 332 g/mol. The van der Waals surface area contributed by atoms with E-state index in [-0.39, 0.29) is 11.4 Å². The number of sulfonamides is 1. The SMILES string of the molecule is O=S(=O)(NCc1ccc(-n2cncn2)cc1)c1cccc(F)c1. The molecule has 0 saturated carbocycles. The fraction of sp³-hybridized carbons (Fsp3) is 0.0667. The number of benzene rings is 2. The molecule has 0 unspecified atom stereocenters. The first-order chi connectivity index (χ1) is 11.0. The number of hydrogen-bond donors (Lipinski definition) is 1. The van der Waals surface area contributed by atoms with Crippen LogP contribution in [0.3, 0.4) is 0 Å².